The summed E-state index contributed by atoms with van der Waals surface area (Å²) in [6, 6.07) is 7.75. The Morgan fingerprint density at radius 1 is 1.12 bits per heavy atom. The quantitative estimate of drug-likeness (QED) is 0.705. The van der Waals surface area contributed by atoms with Crippen LogP contribution in [-0.4, -0.2) is 98.9 Å². The molecule has 2 saturated heterocycles. The van der Waals surface area contributed by atoms with Crippen molar-refractivity contribution in [3.63, 3.8) is 0 Å². The number of piperazine rings is 1. The number of benzene rings is 1. The van der Waals surface area contributed by atoms with Gasteiger partial charge in [0.1, 0.15) is 0 Å². The van der Waals surface area contributed by atoms with E-state index in [2.05, 4.69) is 35.7 Å². The summed E-state index contributed by atoms with van der Waals surface area (Å²) in [5.74, 6) is -0.142. The zero-order valence-corrected chi connectivity index (χ0v) is 20.1. The molecular formula is C25H34N6O2. The van der Waals surface area contributed by atoms with Gasteiger partial charge in [-0.25, -0.2) is 4.98 Å². The van der Waals surface area contributed by atoms with E-state index < -0.39 is 5.54 Å². The molecule has 2 amide bonds. The number of aromatic nitrogens is 2. The molecule has 1 spiro atoms. The summed E-state index contributed by atoms with van der Waals surface area (Å²) in [5, 5.41) is 0. The van der Waals surface area contributed by atoms with Gasteiger partial charge in [-0.05, 0) is 32.5 Å². The summed E-state index contributed by atoms with van der Waals surface area (Å²) in [7, 11) is 4.10. The van der Waals surface area contributed by atoms with Crippen molar-refractivity contribution in [2.24, 2.45) is 7.05 Å². The molecule has 0 N–H and O–H groups in total. The highest BCUT2D eigenvalue weighted by molar-refractivity contribution is 6.02. The molecule has 0 saturated carbocycles. The zero-order valence-electron chi connectivity index (χ0n) is 20.1. The first-order chi connectivity index (χ1) is 15.8. The largest absolute Gasteiger partial charge is 0.340 e. The van der Waals surface area contributed by atoms with Gasteiger partial charge in [0.2, 0.25) is 5.91 Å². The molecule has 0 bridgehead atoms. The Labute approximate surface area is 195 Å². The van der Waals surface area contributed by atoms with Crippen LogP contribution >= 0.6 is 0 Å². The Balaban J connectivity index is 1.52. The molecule has 1 aromatic heterocycles. The predicted molar refractivity (Wildman–Crippen MR) is 126 cm³/mol. The summed E-state index contributed by atoms with van der Waals surface area (Å²) in [6.45, 7) is 9.48. The van der Waals surface area contributed by atoms with E-state index >= 15 is 0 Å². The molecule has 3 aliphatic rings. The Morgan fingerprint density at radius 2 is 1.82 bits per heavy atom. The summed E-state index contributed by atoms with van der Waals surface area (Å²) in [5.41, 5.74) is 2.17. The first-order valence-electron chi connectivity index (χ1n) is 11.9. The van der Waals surface area contributed by atoms with Crippen LogP contribution in [0.15, 0.2) is 36.8 Å². The smallest absolute Gasteiger partial charge is 0.254 e. The van der Waals surface area contributed by atoms with Gasteiger partial charge in [-0.3, -0.25) is 14.5 Å². The van der Waals surface area contributed by atoms with Crippen molar-refractivity contribution in [1.82, 2.24) is 29.2 Å². The molecule has 2 fully saturated rings. The third-order valence-electron chi connectivity index (χ3n) is 7.61. The van der Waals surface area contributed by atoms with Crippen molar-refractivity contribution in [3.8, 4) is 0 Å². The number of aryl methyl sites for hydroxylation is 1. The van der Waals surface area contributed by atoms with E-state index in [1.54, 1.807) is 0 Å². The van der Waals surface area contributed by atoms with Crippen LogP contribution in [0.4, 0.5) is 0 Å². The lowest BCUT2D eigenvalue weighted by atomic mass is 9.67. The number of hydrogen-bond acceptors (Lipinski definition) is 5. The number of likely N-dealkylation sites (tertiary alicyclic amines) is 1. The molecule has 1 unspecified atom stereocenters. The summed E-state index contributed by atoms with van der Waals surface area (Å²) < 4.78 is 2.03. The van der Waals surface area contributed by atoms with E-state index in [1.807, 2.05) is 58.2 Å². The van der Waals surface area contributed by atoms with E-state index in [0.29, 0.717) is 18.7 Å². The molecule has 8 heteroatoms. The Hall–Kier alpha value is -2.71. The van der Waals surface area contributed by atoms with E-state index in [0.717, 1.165) is 44.0 Å². The highest BCUT2D eigenvalue weighted by atomic mass is 16.2. The average Bonchev–Trinajstić information content (AvgIpc) is 3.17. The predicted octanol–water partition coefficient (Wildman–Crippen LogP) is 1.40. The van der Waals surface area contributed by atoms with Crippen molar-refractivity contribution in [2.75, 3.05) is 46.3 Å². The second-order valence-corrected chi connectivity index (χ2v) is 10.2. The number of carbonyl (C=O) groups is 2. The number of nitrogens with zero attached hydrogens (tertiary/aromatic N) is 6. The van der Waals surface area contributed by atoms with Crippen LogP contribution in [0.25, 0.3) is 0 Å². The van der Waals surface area contributed by atoms with Crippen molar-refractivity contribution in [3.05, 3.63) is 53.6 Å². The maximum absolute atomic E-state index is 14.1. The molecule has 2 aromatic rings. The highest BCUT2D eigenvalue weighted by Gasteiger charge is 2.61. The van der Waals surface area contributed by atoms with Gasteiger partial charge in [0.25, 0.3) is 5.91 Å². The number of hydrogen-bond donors (Lipinski definition) is 0. The molecule has 0 radical (unpaired) electrons. The van der Waals surface area contributed by atoms with Crippen LogP contribution < -0.4 is 0 Å². The second-order valence-electron chi connectivity index (χ2n) is 10.2. The third kappa shape index (κ3) is 3.56. The van der Waals surface area contributed by atoms with E-state index in [1.165, 1.54) is 0 Å². The molecule has 1 aromatic carbocycles. The minimum atomic E-state index is -0.529. The molecule has 8 nitrogen and oxygen atoms in total. The summed E-state index contributed by atoms with van der Waals surface area (Å²) >= 11 is 0. The number of fused-ring (bicyclic) bond motifs is 1. The molecule has 176 valence electrons. The summed E-state index contributed by atoms with van der Waals surface area (Å²) in [6.07, 6.45) is 3.70. The zero-order chi connectivity index (χ0) is 23.3. The topological polar surface area (TPSA) is 64.9 Å². The molecule has 3 aliphatic heterocycles. The van der Waals surface area contributed by atoms with Gasteiger partial charge in [0.15, 0.2) is 0 Å². The fraction of sp³-hybridized carbons (Fsp3) is 0.560. The lowest BCUT2D eigenvalue weighted by Gasteiger charge is -2.62. The number of rotatable bonds is 4. The minimum Gasteiger partial charge on any atom is -0.340 e. The van der Waals surface area contributed by atoms with E-state index in [9.17, 15) is 9.59 Å². The third-order valence-corrected chi connectivity index (χ3v) is 7.61. The normalized spacial score (nSPS) is 23.2. The summed E-state index contributed by atoms with van der Waals surface area (Å²) in [4.78, 5) is 40.7. The first-order valence-corrected chi connectivity index (χ1v) is 11.9. The number of imidazole rings is 1. The van der Waals surface area contributed by atoms with Crippen LogP contribution in [0.5, 0.6) is 0 Å². The van der Waals surface area contributed by atoms with Crippen molar-refractivity contribution in [1.29, 1.82) is 0 Å². The van der Waals surface area contributed by atoms with Gasteiger partial charge in [0, 0.05) is 70.7 Å². The van der Waals surface area contributed by atoms with Gasteiger partial charge >= 0.3 is 0 Å². The van der Waals surface area contributed by atoms with Crippen molar-refractivity contribution < 1.29 is 9.59 Å². The number of likely N-dealkylation sites (N-methyl/N-ethyl adjacent to an activating group) is 1. The monoisotopic (exact) mass is 450 g/mol. The first kappa shape index (κ1) is 22.1. The van der Waals surface area contributed by atoms with E-state index in [-0.39, 0.29) is 23.8 Å². The molecule has 33 heavy (non-hydrogen) atoms. The molecule has 5 rings (SSSR count). The highest BCUT2D eigenvalue weighted by Crippen LogP contribution is 2.48. The van der Waals surface area contributed by atoms with Crippen LogP contribution in [0.3, 0.4) is 0 Å². The van der Waals surface area contributed by atoms with Crippen LogP contribution in [0.2, 0.25) is 0 Å². The Morgan fingerprint density at radius 3 is 2.45 bits per heavy atom. The lowest BCUT2D eigenvalue weighted by molar-refractivity contribution is -0.146. The maximum Gasteiger partial charge on any atom is 0.254 e. The molecule has 0 aliphatic carbocycles. The lowest BCUT2D eigenvalue weighted by Crippen LogP contribution is -2.77. The Kier molecular flexibility index (Phi) is 5.53. The average molecular weight is 451 g/mol. The van der Waals surface area contributed by atoms with Gasteiger partial charge in [-0.1, -0.05) is 18.2 Å². The van der Waals surface area contributed by atoms with E-state index in [4.69, 9.17) is 0 Å². The van der Waals surface area contributed by atoms with Crippen molar-refractivity contribution in [2.45, 2.75) is 37.9 Å². The van der Waals surface area contributed by atoms with Crippen molar-refractivity contribution >= 4 is 11.8 Å². The van der Waals surface area contributed by atoms with Gasteiger partial charge in [-0.15, -0.1) is 0 Å². The minimum absolute atomic E-state index is 0.00694. The fourth-order valence-corrected chi connectivity index (χ4v) is 5.97. The molecule has 4 heterocycles. The number of amides is 2. The van der Waals surface area contributed by atoms with Gasteiger partial charge in [0.05, 0.1) is 23.5 Å². The van der Waals surface area contributed by atoms with Crippen LogP contribution in [0, 0.1) is 0 Å². The maximum atomic E-state index is 14.1. The van der Waals surface area contributed by atoms with Gasteiger partial charge in [-0.2, -0.15) is 0 Å². The number of carbonyl (C=O) groups excluding carboxylic acids is 2. The second kappa shape index (κ2) is 8.25. The molecular weight excluding hydrogens is 416 g/mol. The molecule has 1 atom stereocenters. The standard InChI is InChI=1S/C25H34N6O2/c1-18(2)31-23(32)21-8-6-5-7-20(21)22(24(33)30-11-9-27(3)10-12-30)25(31)15-29(16-25)14-19-13-26-17-28(19)4/h5-8,13,17-18,22H,9-12,14-16H2,1-4H3. The van der Waals surface area contributed by atoms with Crippen LogP contribution in [0.1, 0.15) is 41.4 Å². The fourth-order valence-electron chi connectivity index (χ4n) is 5.97. The van der Waals surface area contributed by atoms with Gasteiger partial charge < -0.3 is 19.3 Å². The Bertz CT molecular complexity index is 1050. The SMILES string of the molecule is CC(C)N1C(=O)c2ccccc2C(C(=O)N2CCN(C)CC2)C12CN(Cc1cncn1C)C2. The van der Waals surface area contributed by atoms with Crippen LogP contribution in [-0.2, 0) is 18.4 Å².